The van der Waals surface area contributed by atoms with Gasteiger partial charge in [-0.3, -0.25) is 4.79 Å². The van der Waals surface area contributed by atoms with Gasteiger partial charge >= 0.3 is 6.29 Å². The van der Waals surface area contributed by atoms with E-state index in [2.05, 4.69) is 55.9 Å². The van der Waals surface area contributed by atoms with Crippen LogP contribution < -0.4 is 19.5 Å². The van der Waals surface area contributed by atoms with Gasteiger partial charge in [0, 0.05) is 54.0 Å². The number of fused-ring (bicyclic) bond motifs is 2. The second-order valence-electron chi connectivity index (χ2n) is 13.2. The number of amides is 1. The number of nitrogens with zero attached hydrogens (tertiary/aromatic N) is 3. The average Bonchev–Trinajstić information content (AvgIpc) is 3.45. The Balaban J connectivity index is 1.20. The number of carbonyl (C=O) groups excluding carboxylic acids is 1. The number of imidazole rings is 1. The van der Waals surface area contributed by atoms with Crippen LogP contribution in [0.2, 0.25) is 5.82 Å². The molecular weight excluding hydrogens is 603 g/mol. The van der Waals surface area contributed by atoms with Gasteiger partial charge in [-0.15, -0.1) is 8.78 Å². The molecular formula is C31H36BF2N5O5S. The number of rotatable bonds is 9. The van der Waals surface area contributed by atoms with E-state index in [0.29, 0.717) is 36.5 Å². The van der Waals surface area contributed by atoms with Gasteiger partial charge in [-0.1, -0.05) is 26.8 Å². The number of halogens is 2. The third kappa shape index (κ3) is 5.93. The summed E-state index contributed by atoms with van der Waals surface area (Å²) in [6.45, 7) is 8.91. The van der Waals surface area contributed by atoms with E-state index in [0.717, 1.165) is 16.6 Å². The average molecular weight is 640 g/mol. The molecule has 2 N–H and O–H groups in total. The number of alkyl halides is 2. The van der Waals surface area contributed by atoms with E-state index in [1.54, 1.807) is 24.6 Å². The molecule has 2 aliphatic rings. The topological polar surface area (TPSA) is 116 Å². The van der Waals surface area contributed by atoms with Crippen LogP contribution in [0.1, 0.15) is 50.7 Å². The molecule has 0 unspecified atom stereocenters. The van der Waals surface area contributed by atoms with E-state index >= 15 is 0 Å². The highest BCUT2D eigenvalue weighted by Crippen LogP contribution is 2.52. The maximum atomic E-state index is 13.5. The SMILES string of the molecule is B[C@@H](CNS(=O)(=O)c1cn(C)c(C)n1)Cn1c(C(C)(C)C)cc2cc(NC(=O)C3(c4ccc5c(c4)OC(F)(F)O5)CC3)ccc21. The second kappa shape index (κ2) is 10.6. The van der Waals surface area contributed by atoms with Gasteiger partial charge in [-0.05, 0) is 67.5 Å². The molecule has 1 amide bonds. The lowest BCUT2D eigenvalue weighted by molar-refractivity contribution is -0.286. The summed E-state index contributed by atoms with van der Waals surface area (Å²) in [5.41, 5.74) is 2.23. The van der Waals surface area contributed by atoms with Crippen molar-refractivity contribution < 1.29 is 31.5 Å². The third-order valence-corrected chi connectivity index (χ3v) is 9.84. The van der Waals surface area contributed by atoms with E-state index in [9.17, 15) is 22.0 Å². The Morgan fingerprint density at radius 2 is 1.82 bits per heavy atom. The maximum Gasteiger partial charge on any atom is 0.586 e. The molecule has 10 nitrogen and oxygen atoms in total. The minimum atomic E-state index is -3.75. The monoisotopic (exact) mass is 639 g/mol. The number of sulfonamides is 1. The van der Waals surface area contributed by atoms with Crippen molar-refractivity contribution in [2.24, 2.45) is 7.05 Å². The number of aromatic nitrogens is 3. The Kier molecular flexibility index (Phi) is 7.31. The van der Waals surface area contributed by atoms with Gasteiger partial charge < -0.3 is 23.9 Å². The molecule has 45 heavy (non-hydrogen) atoms. The molecule has 0 bridgehead atoms. The van der Waals surface area contributed by atoms with Crippen molar-refractivity contribution in [2.45, 2.75) is 75.0 Å². The quantitative estimate of drug-likeness (QED) is 0.263. The smallest absolute Gasteiger partial charge is 0.395 e. The van der Waals surface area contributed by atoms with Crippen LogP contribution in [0.4, 0.5) is 14.5 Å². The van der Waals surface area contributed by atoms with Crippen LogP contribution in [0.25, 0.3) is 10.9 Å². The molecule has 0 spiro atoms. The molecule has 1 aliphatic heterocycles. The summed E-state index contributed by atoms with van der Waals surface area (Å²) >= 11 is 0. The molecule has 0 radical (unpaired) electrons. The summed E-state index contributed by atoms with van der Waals surface area (Å²) in [5.74, 6) is 0.215. The summed E-state index contributed by atoms with van der Waals surface area (Å²) in [6, 6.07) is 12.3. The number of hydrogen-bond acceptors (Lipinski definition) is 6. The molecule has 2 aromatic heterocycles. The predicted molar refractivity (Wildman–Crippen MR) is 168 cm³/mol. The van der Waals surface area contributed by atoms with Gasteiger partial charge in [0.05, 0.1) is 5.41 Å². The molecule has 4 aromatic rings. The number of anilines is 1. The molecule has 238 valence electrons. The number of carbonyl (C=O) groups is 1. The fourth-order valence-corrected chi connectivity index (χ4v) is 6.99. The number of nitrogens with one attached hydrogen (secondary N) is 2. The highest BCUT2D eigenvalue weighted by atomic mass is 32.2. The van der Waals surface area contributed by atoms with Gasteiger partial charge in [-0.2, -0.15) is 0 Å². The van der Waals surface area contributed by atoms with Gasteiger partial charge in [0.1, 0.15) is 13.7 Å². The Bertz CT molecular complexity index is 1910. The molecule has 1 fully saturated rings. The van der Waals surface area contributed by atoms with Crippen LogP contribution in [0, 0.1) is 6.92 Å². The number of ether oxygens (including phenoxy) is 2. The van der Waals surface area contributed by atoms with Crippen molar-refractivity contribution in [2.75, 3.05) is 11.9 Å². The number of aryl methyl sites for hydroxylation is 2. The molecule has 14 heteroatoms. The second-order valence-corrected chi connectivity index (χ2v) is 14.9. The molecule has 3 heterocycles. The summed E-state index contributed by atoms with van der Waals surface area (Å²) < 4.78 is 68.4. The first-order valence-corrected chi connectivity index (χ1v) is 16.3. The first-order valence-electron chi connectivity index (χ1n) is 14.8. The normalized spacial score (nSPS) is 17.4. The first-order chi connectivity index (χ1) is 21.0. The fourth-order valence-electron chi connectivity index (χ4n) is 5.79. The van der Waals surface area contributed by atoms with Crippen LogP contribution >= 0.6 is 0 Å². The lowest BCUT2D eigenvalue weighted by Crippen LogP contribution is -2.30. The standard InChI is InChI=1S/C31H36BF2N5O5S/c1-18-36-27(17-38(18)5)45(41,42)35-15-21(32)16-39-23-8-7-22(12-19(23)13-26(39)29(2,3)4)37-28(40)30(10-11-30)20-6-9-24-25(14-20)44-31(33,34)43-24/h6-9,12-14,17,21,35H,10-11,15-16,32H2,1-5H3,(H,37,40)/t21-/m0/s1. The Morgan fingerprint density at radius 3 is 2.47 bits per heavy atom. The van der Waals surface area contributed by atoms with Crippen molar-refractivity contribution in [1.82, 2.24) is 18.8 Å². The van der Waals surface area contributed by atoms with Crippen LogP contribution in [-0.4, -0.2) is 49.1 Å². The predicted octanol–water partition coefficient (Wildman–Crippen LogP) is 4.37. The van der Waals surface area contributed by atoms with Crippen molar-refractivity contribution >= 4 is 40.4 Å². The van der Waals surface area contributed by atoms with Crippen LogP contribution in [0.5, 0.6) is 11.5 Å². The first kappa shape index (κ1) is 31.1. The van der Waals surface area contributed by atoms with E-state index in [4.69, 9.17) is 0 Å². The summed E-state index contributed by atoms with van der Waals surface area (Å²) in [6.07, 6.45) is -1.05. The molecule has 2 aromatic carbocycles. The largest absolute Gasteiger partial charge is 0.586 e. The maximum absolute atomic E-state index is 13.5. The highest BCUT2D eigenvalue weighted by Gasteiger charge is 2.52. The lowest BCUT2D eigenvalue weighted by Gasteiger charge is -2.24. The third-order valence-electron chi connectivity index (χ3n) is 8.54. The summed E-state index contributed by atoms with van der Waals surface area (Å²) in [5, 5.41) is 3.97. The van der Waals surface area contributed by atoms with Crippen molar-refractivity contribution in [3.8, 4) is 11.5 Å². The molecule has 1 aliphatic carbocycles. The van der Waals surface area contributed by atoms with Gasteiger partial charge in [-0.25, -0.2) is 18.1 Å². The van der Waals surface area contributed by atoms with Crippen LogP contribution in [0.15, 0.2) is 53.7 Å². The van der Waals surface area contributed by atoms with Gasteiger partial charge in [0.25, 0.3) is 10.0 Å². The van der Waals surface area contributed by atoms with Crippen molar-refractivity contribution in [3.63, 3.8) is 0 Å². The molecule has 1 saturated carbocycles. The minimum Gasteiger partial charge on any atom is -0.395 e. The molecule has 6 rings (SSSR count). The number of benzene rings is 2. The highest BCUT2D eigenvalue weighted by molar-refractivity contribution is 7.89. The Morgan fingerprint density at radius 1 is 1.11 bits per heavy atom. The minimum absolute atomic E-state index is 0.000814. The zero-order valence-corrected chi connectivity index (χ0v) is 26.9. The molecule has 0 saturated heterocycles. The van der Waals surface area contributed by atoms with E-state index in [-0.39, 0.29) is 40.2 Å². The van der Waals surface area contributed by atoms with Crippen LogP contribution in [0.3, 0.4) is 0 Å². The molecule has 1 atom stereocenters. The van der Waals surface area contributed by atoms with Gasteiger partial charge in [0.2, 0.25) is 5.91 Å². The fraction of sp³-hybridized carbons (Fsp3) is 0.419. The van der Waals surface area contributed by atoms with Gasteiger partial charge in [0.15, 0.2) is 16.5 Å². The zero-order chi connectivity index (χ0) is 32.5. The number of hydrogen-bond donors (Lipinski definition) is 2. The van der Waals surface area contributed by atoms with Crippen molar-refractivity contribution in [3.05, 3.63) is 65.7 Å². The summed E-state index contributed by atoms with van der Waals surface area (Å²) in [7, 11) is -0.00495. The van der Waals surface area contributed by atoms with E-state index in [1.165, 1.54) is 18.3 Å². The Labute approximate surface area is 261 Å². The lowest BCUT2D eigenvalue weighted by atomic mass is 9.86. The summed E-state index contributed by atoms with van der Waals surface area (Å²) in [4.78, 5) is 17.7. The van der Waals surface area contributed by atoms with E-state index < -0.39 is 21.7 Å². The van der Waals surface area contributed by atoms with Crippen molar-refractivity contribution in [1.29, 1.82) is 0 Å². The van der Waals surface area contributed by atoms with E-state index in [1.807, 2.05) is 26.0 Å². The van der Waals surface area contributed by atoms with Crippen LogP contribution in [-0.2, 0) is 39.2 Å². The Hall–Kier alpha value is -3.91. The zero-order valence-electron chi connectivity index (χ0n) is 26.1.